The Bertz CT molecular complexity index is 634. The van der Waals surface area contributed by atoms with Gasteiger partial charge in [-0.15, -0.1) is 0 Å². The molecule has 1 aliphatic rings. The van der Waals surface area contributed by atoms with E-state index in [0.717, 1.165) is 18.8 Å². The summed E-state index contributed by atoms with van der Waals surface area (Å²) in [6, 6.07) is 7.19. The van der Waals surface area contributed by atoms with Crippen LogP contribution >= 0.6 is 0 Å². The molecule has 1 N–H and O–H groups in total. The maximum Gasteiger partial charge on any atom is 0.0675 e. The van der Waals surface area contributed by atoms with Crippen molar-refractivity contribution in [3.8, 4) is 11.1 Å². The van der Waals surface area contributed by atoms with E-state index in [2.05, 4.69) is 55.9 Å². The number of hydrogen-bond donors (Lipinski definition) is 1. The van der Waals surface area contributed by atoms with E-state index in [9.17, 15) is 0 Å². The van der Waals surface area contributed by atoms with Gasteiger partial charge in [-0.2, -0.15) is 5.10 Å². The maximum absolute atomic E-state index is 4.81. The van der Waals surface area contributed by atoms with Crippen LogP contribution in [0.4, 0.5) is 0 Å². The SMILES string of the molecule is Cc1ccc(-c2c(C)nn(C3CCNC3)c2C)c(C)c1. The number of hydrogen-bond acceptors (Lipinski definition) is 2. The second-order valence-corrected chi connectivity index (χ2v) is 5.96. The summed E-state index contributed by atoms with van der Waals surface area (Å²) in [5.74, 6) is 0. The van der Waals surface area contributed by atoms with Gasteiger partial charge in [0, 0.05) is 17.8 Å². The van der Waals surface area contributed by atoms with Crippen molar-refractivity contribution in [2.45, 2.75) is 40.2 Å². The number of nitrogens with one attached hydrogen (secondary N) is 1. The molecule has 106 valence electrons. The number of aryl methyl sites for hydroxylation is 3. The molecule has 1 unspecified atom stereocenters. The van der Waals surface area contributed by atoms with Gasteiger partial charge >= 0.3 is 0 Å². The van der Waals surface area contributed by atoms with Crippen LogP contribution in [0.2, 0.25) is 0 Å². The lowest BCUT2D eigenvalue weighted by Gasteiger charge is -2.13. The van der Waals surface area contributed by atoms with E-state index in [1.54, 1.807) is 0 Å². The first-order valence-electron chi connectivity index (χ1n) is 7.42. The lowest BCUT2D eigenvalue weighted by molar-refractivity contribution is 0.477. The highest BCUT2D eigenvalue weighted by Crippen LogP contribution is 2.32. The van der Waals surface area contributed by atoms with Crippen LogP contribution in [0.1, 0.15) is 35.0 Å². The van der Waals surface area contributed by atoms with Crippen molar-refractivity contribution in [1.82, 2.24) is 15.1 Å². The molecule has 0 saturated carbocycles. The molecule has 0 amide bonds. The minimum atomic E-state index is 0.508. The fourth-order valence-electron chi connectivity index (χ4n) is 3.35. The van der Waals surface area contributed by atoms with Crippen LogP contribution in [0.15, 0.2) is 18.2 Å². The van der Waals surface area contributed by atoms with Crippen molar-refractivity contribution >= 4 is 0 Å². The highest BCUT2D eigenvalue weighted by atomic mass is 15.3. The molecule has 1 aromatic heterocycles. The molecular formula is C17H23N3. The zero-order valence-electron chi connectivity index (χ0n) is 12.8. The normalized spacial score (nSPS) is 18.7. The molecule has 1 atom stereocenters. The lowest BCUT2D eigenvalue weighted by atomic mass is 9.97. The highest BCUT2D eigenvalue weighted by Gasteiger charge is 2.22. The summed E-state index contributed by atoms with van der Waals surface area (Å²) >= 11 is 0. The smallest absolute Gasteiger partial charge is 0.0675 e. The third-order valence-corrected chi connectivity index (χ3v) is 4.36. The van der Waals surface area contributed by atoms with Crippen molar-refractivity contribution in [2.75, 3.05) is 13.1 Å². The summed E-state index contributed by atoms with van der Waals surface area (Å²) in [6.07, 6.45) is 1.17. The monoisotopic (exact) mass is 269 g/mol. The molecule has 3 heteroatoms. The average Bonchev–Trinajstić information content (AvgIpc) is 3.00. The van der Waals surface area contributed by atoms with Crippen molar-refractivity contribution < 1.29 is 0 Å². The zero-order chi connectivity index (χ0) is 14.3. The van der Waals surface area contributed by atoms with Gasteiger partial charge in [0.2, 0.25) is 0 Å². The molecule has 1 aliphatic heterocycles. The Balaban J connectivity index is 2.09. The Morgan fingerprint density at radius 3 is 2.65 bits per heavy atom. The van der Waals surface area contributed by atoms with Crippen molar-refractivity contribution in [3.05, 3.63) is 40.7 Å². The van der Waals surface area contributed by atoms with Crippen molar-refractivity contribution in [3.63, 3.8) is 0 Å². The van der Waals surface area contributed by atoms with E-state index in [1.165, 1.54) is 34.4 Å². The second-order valence-electron chi connectivity index (χ2n) is 5.96. The van der Waals surface area contributed by atoms with Crippen LogP contribution in [0, 0.1) is 27.7 Å². The lowest BCUT2D eigenvalue weighted by Crippen LogP contribution is -2.15. The number of nitrogens with zero attached hydrogens (tertiary/aromatic N) is 2. The summed E-state index contributed by atoms with van der Waals surface area (Å²) in [6.45, 7) is 10.8. The largest absolute Gasteiger partial charge is 0.315 e. The molecule has 20 heavy (non-hydrogen) atoms. The van der Waals surface area contributed by atoms with Gasteiger partial charge in [0.1, 0.15) is 0 Å². The third kappa shape index (κ3) is 2.16. The molecule has 3 rings (SSSR count). The Morgan fingerprint density at radius 2 is 2.00 bits per heavy atom. The Kier molecular flexibility index (Phi) is 3.38. The molecule has 1 fully saturated rings. The first kappa shape index (κ1) is 13.4. The van der Waals surface area contributed by atoms with Crippen LogP contribution in [0.3, 0.4) is 0 Å². The van der Waals surface area contributed by atoms with Crippen LogP contribution in [0.5, 0.6) is 0 Å². The maximum atomic E-state index is 4.81. The van der Waals surface area contributed by atoms with Gasteiger partial charge in [0.25, 0.3) is 0 Å². The molecule has 0 aliphatic carbocycles. The van der Waals surface area contributed by atoms with E-state index in [4.69, 9.17) is 5.10 Å². The standard InChI is InChI=1S/C17H23N3/c1-11-5-6-16(12(2)9-11)17-13(3)19-20(14(17)4)15-7-8-18-10-15/h5-6,9,15,18H,7-8,10H2,1-4H3. The second kappa shape index (κ2) is 5.06. The van der Waals surface area contributed by atoms with E-state index in [-0.39, 0.29) is 0 Å². The Hall–Kier alpha value is -1.61. The third-order valence-electron chi connectivity index (χ3n) is 4.36. The van der Waals surface area contributed by atoms with Gasteiger partial charge in [0.15, 0.2) is 0 Å². The molecular weight excluding hydrogens is 246 g/mol. The number of aromatic nitrogens is 2. The first-order valence-corrected chi connectivity index (χ1v) is 7.42. The predicted octanol–water partition coefficient (Wildman–Crippen LogP) is 3.32. The average molecular weight is 269 g/mol. The van der Waals surface area contributed by atoms with Gasteiger partial charge in [0.05, 0.1) is 11.7 Å². The van der Waals surface area contributed by atoms with E-state index < -0.39 is 0 Å². The Morgan fingerprint density at radius 1 is 1.20 bits per heavy atom. The van der Waals surface area contributed by atoms with E-state index in [0.29, 0.717) is 6.04 Å². The molecule has 3 nitrogen and oxygen atoms in total. The molecule has 2 heterocycles. The summed E-state index contributed by atoms with van der Waals surface area (Å²) < 4.78 is 2.23. The molecule has 0 spiro atoms. The summed E-state index contributed by atoms with van der Waals surface area (Å²) in [5.41, 5.74) is 7.72. The topological polar surface area (TPSA) is 29.9 Å². The van der Waals surface area contributed by atoms with Crippen LogP contribution in [-0.4, -0.2) is 22.9 Å². The Labute approximate surface area is 121 Å². The van der Waals surface area contributed by atoms with Crippen LogP contribution in [0.25, 0.3) is 11.1 Å². The van der Waals surface area contributed by atoms with Gasteiger partial charge in [-0.1, -0.05) is 23.8 Å². The van der Waals surface area contributed by atoms with E-state index in [1.807, 2.05) is 0 Å². The van der Waals surface area contributed by atoms with Crippen LogP contribution < -0.4 is 5.32 Å². The van der Waals surface area contributed by atoms with E-state index >= 15 is 0 Å². The van der Waals surface area contributed by atoms with Crippen molar-refractivity contribution in [1.29, 1.82) is 0 Å². The van der Waals surface area contributed by atoms with Gasteiger partial charge < -0.3 is 5.32 Å². The molecule has 0 radical (unpaired) electrons. The number of benzene rings is 1. The van der Waals surface area contributed by atoms with Crippen molar-refractivity contribution in [2.24, 2.45) is 0 Å². The molecule has 1 saturated heterocycles. The molecule has 1 aromatic carbocycles. The zero-order valence-corrected chi connectivity index (χ0v) is 12.8. The fraction of sp³-hybridized carbons (Fsp3) is 0.471. The predicted molar refractivity (Wildman–Crippen MR) is 83.1 cm³/mol. The summed E-state index contributed by atoms with van der Waals surface area (Å²) in [7, 11) is 0. The minimum Gasteiger partial charge on any atom is -0.315 e. The molecule has 0 bridgehead atoms. The quantitative estimate of drug-likeness (QED) is 0.906. The van der Waals surface area contributed by atoms with Gasteiger partial charge in [-0.25, -0.2) is 0 Å². The summed E-state index contributed by atoms with van der Waals surface area (Å²) in [4.78, 5) is 0. The molecule has 2 aromatic rings. The minimum absolute atomic E-state index is 0.508. The van der Waals surface area contributed by atoms with Crippen LogP contribution in [-0.2, 0) is 0 Å². The number of rotatable bonds is 2. The highest BCUT2D eigenvalue weighted by molar-refractivity contribution is 5.72. The van der Waals surface area contributed by atoms with Gasteiger partial charge in [-0.05, 0) is 51.8 Å². The fourth-order valence-corrected chi connectivity index (χ4v) is 3.35. The summed E-state index contributed by atoms with van der Waals surface area (Å²) in [5, 5.41) is 8.23. The first-order chi connectivity index (χ1) is 9.58. The van der Waals surface area contributed by atoms with Gasteiger partial charge in [-0.3, -0.25) is 4.68 Å².